The molecule has 1 aromatic rings. The van der Waals surface area contributed by atoms with Gasteiger partial charge in [0, 0.05) is 12.5 Å². The summed E-state index contributed by atoms with van der Waals surface area (Å²) in [5.74, 6) is -0.0431. The number of sulfone groups is 1. The molecule has 0 saturated heterocycles. The minimum Gasteiger partial charge on any atom is -0.375 e. The normalized spacial score (nSPS) is 21.6. The first-order chi connectivity index (χ1) is 7.89. The van der Waals surface area contributed by atoms with Crippen molar-refractivity contribution in [1.82, 2.24) is 9.78 Å². The summed E-state index contributed by atoms with van der Waals surface area (Å²) in [7, 11) is -1.65. The molecule has 0 radical (unpaired) electrons. The first-order valence-electron chi connectivity index (χ1n) is 4.78. The second kappa shape index (κ2) is 4.15. The molecule has 1 aliphatic heterocycles. The van der Waals surface area contributed by atoms with Crippen LogP contribution in [0.15, 0.2) is 22.5 Å². The van der Waals surface area contributed by atoms with Crippen LogP contribution in [0.25, 0.3) is 0 Å². The van der Waals surface area contributed by atoms with Crippen molar-refractivity contribution in [2.75, 3.05) is 11.1 Å². The van der Waals surface area contributed by atoms with Gasteiger partial charge in [0.2, 0.25) is 0 Å². The number of hydrogen-bond donors (Lipinski definition) is 1. The zero-order valence-corrected chi connectivity index (χ0v) is 10.5. The van der Waals surface area contributed by atoms with Crippen LogP contribution in [-0.4, -0.2) is 30.0 Å². The Morgan fingerprint density at radius 1 is 1.59 bits per heavy atom. The topological polar surface area (TPSA) is 81.1 Å². The van der Waals surface area contributed by atoms with E-state index in [4.69, 9.17) is 11.6 Å². The minimum absolute atomic E-state index is 0.000183. The third-order valence-electron chi connectivity index (χ3n) is 2.35. The van der Waals surface area contributed by atoms with Crippen LogP contribution < -0.4 is 10.9 Å². The fraction of sp³-hybridized carbons (Fsp3) is 0.333. The standard InChI is InChI=1S/C9H10ClN3O3S/c1-13-9(14)8(10)7(4-11-13)12-6-2-3-17(15,16)5-6/h2-4,6,12H,5H2,1H3. The van der Waals surface area contributed by atoms with Crippen molar-refractivity contribution in [3.8, 4) is 0 Å². The van der Waals surface area contributed by atoms with E-state index in [0.717, 1.165) is 10.1 Å². The third kappa shape index (κ3) is 2.50. The zero-order valence-electron chi connectivity index (χ0n) is 8.92. The highest BCUT2D eigenvalue weighted by molar-refractivity contribution is 7.94. The molecule has 1 unspecified atom stereocenters. The summed E-state index contributed by atoms with van der Waals surface area (Å²) in [6.45, 7) is 0. The van der Waals surface area contributed by atoms with Crippen molar-refractivity contribution in [3.05, 3.63) is 33.1 Å². The zero-order chi connectivity index (χ0) is 12.6. The van der Waals surface area contributed by atoms with Gasteiger partial charge in [-0.3, -0.25) is 4.79 Å². The number of nitrogens with one attached hydrogen (secondary N) is 1. The largest absolute Gasteiger partial charge is 0.375 e. The predicted molar refractivity (Wildman–Crippen MR) is 64.8 cm³/mol. The maximum absolute atomic E-state index is 11.5. The van der Waals surface area contributed by atoms with Crippen LogP contribution in [0.1, 0.15) is 0 Å². The molecule has 0 spiro atoms. The molecule has 0 saturated carbocycles. The third-order valence-corrected chi connectivity index (χ3v) is 4.11. The van der Waals surface area contributed by atoms with Gasteiger partial charge in [0.05, 0.1) is 23.7 Å². The number of aryl methyl sites for hydroxylation is 1. The van der Waals surface area contributed by atoms with Crippen LogP contribution in [0.2, 0.25) is 5.02 Å². The lowest BCUT2D eigenvalue weighted by atomic mass is 10.3. The lowest BCUT2D eigenvalue weighted by Crippen LogP contribution is -2.25. The monoisotopic (exact) mass is 275 g/mol. The van der Waals surface area contributed by atoms with Crippen molar-refractivity contribution in [2.24, 2.45) is 7.05 Å². The Balaban J connectivity index is 2.25. The van der Waals surface area contributed by atoms with Crippen LogP contribution >= 0.6 is 11.6 Å². The van der Waals surface area contributed by atoms with Crippen LogP contribution in [0.5, 0.6) is 0 Å². The minimum atomic E-state index is -3.14. The van der Waals surface area contributed by atoms with E-state index in [2.05, 4.69) is 10.4 Å². The first-order valence-corrected chi connectivity index (χ1v) is 6.88. The molecular formula is C9H10ClN3O3S. The van der Waals surface area contributed by atoms with Crippen LogP contribution in [0.4, 0.5) is 5.69 Å². The van der Waals surface area contributed by atoms with Gasteiger partial charge in [-0.05, 0) is 0 Å². The Hall–Kier alpha value is -1.34. The molecule has 8 heteroatoms. The molecule has 6 nitrogen and oxygen atoms in total. The van der Waals surface area contributed by atoms with Gasteiger partial charge in [-0.2, -0.15) is 5.10 Å². The molecule has 0 bridgehead atoms. The molecule has 1 atom stereocenters. The number of anilines is 1. The summed E-state index contributed by atoms with van der Waals surface area (Å²) in [5, 5.41) is 7.81. The van der Waals surface area contributed by atoms with E-state index in [1.54, 1.807) is 0 Å². The molecule has 0 aromatic carbocycles. The van der Waals surface area contributed by atoms with Gasteiger partial charge in [0.1, 0.15) is 5.02 Å². The van der Waals surface area contributed by atoms with Crippen LogP contribution in [0, 0.1) is 0 Å². The van der Waals surface area contributed by atoms with E-state index >= 15 is 0 Å². The van der Waals surface area contributed by atoms with Gasteiger partial charge >= 0.3 is 0 Å². The molecule has 1 aliphatic rings. The molecule has 1 aromatic heterocycles. The molecule has 0 fully saturated rings. The van der Waals surface area contributed by atoms with E-state index in [1.807, 2.05) is 0 Å². The second-order valence-corrected chi connectivity index (χ2v) is 6.02. The SMILES string of the molecule is Cn1ncc(NC2C=CS(=O)(=O)C2)c(Cl)c1=O. The summed E-state index contributed by atoms with van der Waals surface area (Å²) < 4.78 is 23.5. The second-order valence-electron chi connectivity index (χ2n) is 3.71. The molecule has 1 N–H and O–H groups in total. The summed E-state index contributed by atoms with van der Waals surface area (Å²) in [4.78, 5) is 11.5. The number of nitrogens with zero attached hydrogens (tertiary/aromatic N) is 2. The Morgan fingerprint density at radius 3 is 2.88 bits per heavy atom. The Labute approximate surface area is 103 Å². The van der Waals surface area contributed by atoms with Gasteiger partial charge in [0.25, 0.3) is 5.56 Å². The Bertz CT molecular complexity index is 635. The van der Waals surface area contributed by atoms with E-state index in [-0.39, 0.29) is 16.8 Å². The number of halogens is 1. The summed E-state index contributed by atoms with van der Waals surface area (Å²) in [5.41, 5.74) is -0.0944. The summed E-state index contributed by atoms with van der Waals surface area (Å²) in [6.07, 6.45) is 2.91. The van der Waals surface area contributed by atoms with Crippen molar-refractivity contribution in [3.63, 3.8) is 0 Å². The molecule has 0 amide bonds. The lowest BCUT2D eigenvalue weighted by molar-refractivity contribution is 0.605. The fourth-order valence-electron chi connectivity index (χ4n) is 1.48. The fourth-order valence-corrected chi connectivity index (χ4v) is 2.94. The van der Waals surface area contributed by atoms with Gasteiger partial charge in [0.15, 0.2) is 9.84 Å². The average molecular weight is 276 g/mol. The van der Waals surface area contributed by atoms with Crippen molar-refractivity contribution in [2.45, 2.75) is 6.04 Å². The maximum Gasteiger partial charge on any atom is 0.287 e. The highest BCUT2D eigenvalue weighted by atomic mass is 35.5. The first kappa shape index (κ1) is 12.1. The summed E-state index contributed by atoms with van der Waals surface area (Å²) in [6, 6.07) is -0.383. The maximum atomic E-state index is 11.5. The molecular weight excluding hydrogens is 266 g/mol. The Kier molecular flexibility index (Phi) is 2.96. The quantitative estimate of drug-likeness (QED) is 0.831. The van der Waals surface area contributed by atoms with Crippen molar-refractivity contribution < 1.29 is 8.42 Å². The van der Waals surface area contributed by atoms with Crippen molar-refractivity contribution in [1.29, 1.82) is 0 Å². The smallest absolute Gasteiger partial charge is 0.287 e. The molecule has 2 rings (SSSR count). The number of aromatic nitrogens is 2. The van der Waals surface area contributed by atoms with Crippen LogP contribution in [-0.2, 0) is 16.9 Å². The molecule has 0 aliphatic carbocycles. The number of rotatable bonds is 2. The van der Waals surface area contributed by atoms with E-state index in [0.29, 0.717) is 5.69 Å². The van der Waals surface area contributed by atoms with Gasteiger partial charge in [-0.15, -0.1) is 0 Å². The van der Waals surface area contributed by atoms with E-state index < -0.39 is 15.4 Å². The highest BCUT2D eigenvalue weighted by Crippen LogP contribution is 2.19. The van der Waals surface area contributed by atoms with Gasteiger partial charge < -0.3 is 5.32 Å². The molecule has 17 heavy (non-hydrogen) atoms. The lowest BCUT2D eigenvalue weighted by Gasteiger charge is -2.12. The number of hydrogen-bond acceptors (Lipinski definition) is 5. The van der Waals surface area contributed by atoms with E-state index in [1.165, 1.54) is 19.3 Å². The van der Waals surface area contributed by atoms with Crippen LogP contribution in [0.3, 0.4) is 0 Å². The molecule has 92 valence electrons. The summed E-state index contributed by atoms with van der Waals surface area (Å²) >= 11 is 5.84. The highest BCUT2D eigenvalue weighted by Gasteiger charge is 2.22. The van der Waals surface area contributed by atoms with E-state index in [9.17, 15) is 13.2 Å². The van der Waals surface area contributed by atoms with Gasteiger partial charge in [-0.1, -0.05) is 17.7 Å². The molecule has 2 heterocycles. The van der Waals surface area contributed by atoms with Gasteiger partial charge in [-0.25, -0.2) is 13.1 Å². The average Bonchev–Trinajstić information content (AvgIpc) is 2.59. The Morgan fingerprint density at radius 2 is 2.29 bits per heavy atom. The van der Waals surface area contributed by atoms with Crippen molar-refractivity contribution >= 4 is 27.1 Å². The predicted octanol–water partition coefficient (Wildman–Crippen LogP) is 0.156.